The van der Waals surface area contributed by atoms with Gasteiger partial charge in [0.05, 0.1) is 5.56 Å². The SMILES string of the molecule is FC(F)(F)c1cccc(OCCNCC2CCCC2)c1. The molecule has 1 aliphatic carbocycles. The molecule has 1 fully saturated rings. The highest BCUT2D eigenvalue weighted by molar-refractivity contribution is 5.30. The van der Waals surface area contributed by atoms with E-state index in [1.54, 1.807) is 6.07 Å². The molecule has 1 saturated carbocycles. The summed E-state index contributed by atoms with van der Waals surface area (Å²) in [6.07, 6.45) is 0.864. The molecular formula is C15H20F3NO. The van der Waals surface area contributed by atoms with Crippen molar-refractivity contribution < 1.29 is 17.9 Å². The zero-order valence-corrected chi connectivity index (χ0v) is 11.4. The van der Waals surface area contributed by atoms with Crippen LogP contribution in [-0.4, -0.2) is 19.7 Å². The van der Waals surface area contributed by atoms with E-state index in [1.807, 2.05) is 0 Å². The number of rotatable bonds is 6. The van der Waals surface area contributed by atoms with Crippen LogP contribution in [0.15, 0.2) is 24.3 Å². The molecule has 0 aromatic heterocycles. The molecule has 5 heteroatoms. The molecule has 1 aromatic carbocycles. The Hall–Kier alpha value is -1.23. The van der Waals surface area contributed by atoms with E-state index in [1.165, 1.54) is 31.7 Å². The summed E-state index contributed by atoms with van der Waals surface area (Å²) in [6, 6.07) is 5.00. The highest BCUT2D eigenvalue weighted by atomic mass is 19.4. The third-order valence-corrected chi connectivity index (χ3v) is 3.62. The molecular weight excluding hydrogens is 267 g/mol. The lowest BCUT2D eigenvalue weighted by Crippen LogP contribution is -2.26. The molecule has 112 valence electrons. The highest BCUT2D eigenvalue weighted by Gasteiger charge is 2.30. The van der Waals surface area contributed by atoms with E-state index >= 15 is 0 Å². The summed E-state index contributed by atoms with van der Waals surface area (Å²) >= 11 is 0. The molecule has 0 unspecified atom stereocenters. The monoisotopic (exact) mass is 287 g/mol. The molecule has 1 aromatic rings. The van der Waals surface area contributed by atoms with Gasteiger partial charge in [0.15, 0.2) is 0 Å². The Morgan fingerprint density at radius 1 is 1.20 bits per heavy atom. The van der Waals surface area contributed by atoms with Crippen molar-refractivity contribution in [3.05, 3.63) is 29.8 Å². The molecule has 0 spiro atoms. The first-order chi connectivity index (χ1) is 9.55. The third kappa shape index (κ3) is 4.71. The van der Waals surface area contributed by atoms with Crippen molar-refractivity contribution in [2.24, 2.45) is 5.92 Å². The molecule has 1 N–H and O–H groups in total. The van der Waals surface area contributed by atoms with Crippen LogP contribution in [0.1, 0.15) is 31.2 Å². The van der Waals surface area contributed by atoms with Crippen molar-refractivity contribution in [1.82, 2.24) is 5.32 Å². The normalized spacial score (nSPS) is 16.6. The van der Waals surface area contributed by atoms with E-state index in [0.717, 1.165) is 24.6 Å². The van der Waals surface area contributed by atoms with Crippen LogP contribution >= 0.6 is 0 Å². The van der Waals surface area contributed by atoms with Crippen LogP contribution in [0.5, 0.6) is 5.75 Å². The topological polar surface area (TPSA) is 21.3 Å². The fraction of sp³-hybridized carbons (Fsp3) is 0.600. The van der Waals surface area contributed by atoms with Crippen molar-refractivity contribution in [1.29, 1.82) is 0 Å². The molecule has 0 heterocycles. The van der Waals surface area contributed by atoms with Gasteiger partial charge in [-0.05, 0) is 43.5 Å². The van der Waals surface area contributed by atoms with Gasteiger partial charge in [-0.3, -0.25) is 0 Å². The second kappa shape index (κ2) is 6.97. The summed E-state index contributed by atoms with van der Waals surface area (Å²) in [7, 11) is 0. The van der Waals surface area contributed by atoms with Gasteiger partial charge in [0.1, 0.15) is 12.4 Å². The van der Waals surface area contributed by atoms with Gasteiger partial charge in [0.2, 0.25) is 0 Å². The first kappa shape index (κ1) is 15.2. The fourth-order valence-electron chi connectivity index (χ4n) is 2.52. The Labute approximate surface area is 117 Å². The number of alkyl halides is 3. The molecule has 0 atom stereocenters. The maximum atomic E-state index is 12.5. The minimum atomic E-state index is -4.32. The highest BCUT2D eigenvalue weighted by Crippen LogP contribution is 2.31. The van der Waals surface area contributed by atoms with Crippen LogP contribution in [0.3, 0.4) is 0 Å². The maximum absolute atomic E-state index is 12.5. The lowest BCUT2D eigenvalue weighted by atomic mass is 10.1. The van der Waals surface area contributed by atoms with Gasteiger partial charge in [-0.25, -0.2) is 0 Å². The standard InChI is InChI=1S/C15H20F3NO/c16-15(17,18)13-6-3-7-14(10-13)20-9-8-19-11-12-4-1-2-5-12/h3,6-7,10,12,19H,1-2,4-5,8-9,11H2. The first-order valence-electron chi connectivity index (χ1n) is 7.06. The third-order valence-electron chi connectivity index (χ3n) is 3.62. The minimum Gasteiger partial charge on any atom is -0.492 e. The fourth-order valence-corrected chi connectivity index (χ4v) is 2.52. The zero-order chi connectivity index (χ0) is 14.4. The smallest absolute Gasteiger partial charge is 0.416 e. The van der Waals surface area contributed by atoms with Gasteiger partial charge in [-0.1, -0.05) is 18.9 Å². The minimum absolute atomic E-state index is 0.266. The molecule has 0 radical (unpaired) electrons. The van der Waals surface area contributed by atoms with Crippen molar-refractivity contribution >= 4 is 0 Å². The average molecular weight is 287 g/mol. The van der Waals surface area contributed by atoms with Gasteiger partial charge in [0.25, 0.3) is 0 Å². The molecule has 2 nitrogen and oxygen atoms in total. The van der Waals surface area contributed by atoms with Gasteiger partial charge in [0, 0.05) is 6.54 Å². The van der Waals surface area contributed by atoms with Crippen LogP contribution in [0, 0.1) is 5.92 Å². The molecule has 20 heavy (non-hydrogen) atoms. The van der Waals surface area contributed by atoms with E-state index < -0.39 is 11.7 Å². The number of benzene rings is 1. The molecule has 2 rings (SSSR count). The number of halogens is 3. The Kier molecular flexibility index (Phi) is 5.29. The molecule has 1 aliphatic rings. The number of hydrogen-bond acceptors (Lipinski definition) is 2. The van der Waals surface area contributed by atoms with E-state index in [-0.39, 0.29) is 5.75 Å². The molecule has 0 amide bonds. The maximum Gasteiger partial charge on any atom is 0.416 e. The second-order valence-electron chi connectivity index (χ2n) is 5.23. The van der Waals surface area contributed by atoms with Crippen LogP contribution in [-0.2, 0) is 6.18 Å². The van der Waals surface area contributed by atoms with Crippen LogP contribution in [0.4, 0.5) is 13.2 Å². The van der Waals surface area contributed by atoms with Crippen LogP contribution < -0.4 is 10.1 Å². The van der Waals surface area contributed by atoms with Crippen molar-refractivity contribution in [2.45, 2.75) is 31.9 Å². The Morgan fingerprint density at radius 3 is 2.65 bits per heavy atom. The van der Waals surface area contributed by atoms with Crippen LogP contribution in [0.25, 0.3) is 0 Å². The van der Waals surface area contributed by atoms with Gasteiger partial charge in [-0.15, -0.1) is 0 Å². The summed E-state index contributed by atoms with van der Waals surface area (Å²) in [6.45, 7) is 2.02. The average Bonchev–Trinajstić information content (AvgIpc) is 2.91. The summed E-state index contributed by atoms with van der Waals surface area (Å²) in [5, 5.41) is 3.30. The van der Waals surface area contributed by atoms with Gasteiger partial charge < -0.3 is 10.1 Å². The van der Waals surface area contributed by atoms with E-state index in [2.05, 4.69) is 5.32 Å². The Bertz CT molecular complexity index is 414. The van der Waals surface area contributed by atoms with Crippen molar-refractivity contribution in [3.63, 3.8) is 0 Å². The summed E-state index contributed by atoms with van der Waals surface area (Å²) in [5.74, 6) is 1.02. The summed E-state index contributed by atoms with van der Waals surface area (Å²) < 4.78 is 42.9. The number of nitrogens with one attached hydrogen (secondary N) is 1. The van der Waals surface area contributed by atoms with E-state index in [4.69, 9.17) is 4.74 Å². The molecule has 0 aliphatic heterocycles. The quantitative estimate of drug-likeness (QED) is 0.802. The largest absolute Gasteiger partial charge is 0.492 e. The summed E-state index contributed by atoms with van der Waals surface area (Å²) in [4.78, 5) is 0. The summed E-state index contributed by atoms with van der Waals surface area (Å²) in [5.41, 5.74) is -0.672. The van der Waals surface area contributed by atoms with E-state index in [9.17, 15) is 13.2 Å². The van der Waals surface area contributed by atoms with Crippen molar-refractivity contribution in [2.75, 3.05) is 19.7 Å². The number of hydrogen-bond donors (Lipinski definition) is 1. The number of ether oxygens (including phenoxy) is 1. The Balaban J connectivity index is 1.68. The van der Waals surface area contributed by atoms with Gasteiger partial charge >= 0.3 is 6.18 Å². The van der Waals surface area contributed by atoms with E-state index in [0.29, 0.717) is 13.2 Å². The van der Waals surface area contributed by atoms with Crippen molar-refractivity contribution in [3.8, 4) is 5.75 Å². The second-order valence-corrected chi connectivity index (χ2v) is 5.23. The lowest BCUT2D eigenvalue weighted by molar-refractivity contribution is -0.137. The lowest BCUT2D eigenvalue weighted by Gasteiger charge is -2.12. The zero-order valence-electron chi connectivity index (χ0n) is 11.4. The first-order valence-corrected chi connectivity index (χ1v) is 7.06. The predicted molar refractivity (Wildman–Crippen MR) is 71.8 cm³/mol. The molecule has 0 saturated heterocycles. The van der Waals surface area contributed by atoms with Gasteiger partial charge in [-0.2, -0.15) is 13.2 Å². The Morgan fingerprint density at radius 2 is 1.95 bits per heavy atom. The molecule has 0 bridgehead atoms. The van der Waals surface area contributed by atoms with Crippen LogP contribution in [0.2, 0.25) is 0 Å². The predicted octanol–water partition coefficient (Wildman–Crippen LogP) is 3.86.